The van der Waals surface area contributed by atoms with E-state index in [4.69, 9.17) is 0 Å². The summed E-state index contributed by atoms with van der Waals surface area (Å²) < 4.78 is 0. The molecule has 2 nitrogen and oxygen atoms in total. The number of thioether (sulfide) groups is 1. The molecule has 2 unspecified atom stereocenters. The lowest BCUT2D eigenvalue weighted by Gasteiger charge is -2.35. The van der Waals surface area contributed by atoms with Gasteiger partial charge in [-0.2, -0.15) is 11.8 Å². The van der Waals surface area contributed by atoms with Gasteiger partial charge in [-0.15, -0.1) is 0 Å². The zero-order valence-corrected chi connectivity index (χ0v) is 10.6. The second-order valence-corrected chi connectivity index (χ2v) is 6.25. The largest absolute Gasteiger partial charge is 0.393 e. The van der Waals surface area contributed by atoms with E-state index in [0.29, 0.717) is 0 Å². The third-order valence-electron chi connectivity index (χ3n) is 3.32. The molecule has 3 heteroatoms. The van der Waals surface area contributed by atoms with Crippen molar-refractivity contribution < 1.29 is 5.11 Å². The number of nitrogens with zero attached hydrogens (tertiary/aromatic N) is 1. The van der Waals surface area contributed by atoms with Crippen LogP contribution in [0.4, 0.5) is 0 Å². The van der Waals surface area contributed by atoms with E-state index in [1.165, 1.54) is 17.9 Å². The fraction of sp³-hybridized carbons (Fsp3) is 1.00. The van der Waals surface area contributed by atoms with Gasteiger partial charge in [0.25, 0.3) is 0 Å². The summed E-state index contributed by atoms with van der Waals surface area (Å²) in [4.78, 5) is 2.41. The third kappa shape index (κ3) is 3.14. The van der Waals surface area contributed by atoms with Crippen molar-refractivity contribution >= 4 is 11.8 Å². The van der Waals surface area contributed by atoms with Gasteiger partial charge >= 0.3 is 0 Å². The van der Waals surface area contributed by atoms with Crippen molar-refractivity contribution in [2.75, 3.05) is 25.1 Å². The smallest absolute Gasteiger partial charge is 0.0575 e. The molecule has 0 amide bonds. The van der Waals surface area contributed by atoms with Gasteiger partial charge in [-0.3, -0.25) is 0 Å². The van der Waals surface area contributed by atoms with Crippen molar-refractivity contribution in [1.82, 2.24) is 4.90 Å². The second kappa shape index (κ2) is 4.86. The lowest BCUT2D eigenvalue weighted by molar-refractivity contribution is 0.0331. The molecule has 0 bridgehead atoms. The molecular formula is C11H23NOS. The molecule has 1 fully saturated rings. The van der Waals surface area contributed by atoms with Gasteiger partial charge in [-0.05, 0) is 26.1 Å². The van der Waals surface area contributed by atoms with Gasteiger partial charge in [0.2, 0.25) is 0 Å². The maximum atomic E-state index is 9.64. The number of hydrogen-bond donors (Lipinski definition) is 1. The second-order valence-electron chi connectivity index (χ2n) is 5.10. The van der Waals surface area contributed by atoms with Crippen LogP contribution in [0.15, 0.2) is 0 Å². The van der Waals surface area contributed by atoms with Crippen LogP contribution in [0.2, 0.25) is 0 Å². The van der Waals surface area contributed by atoms with Crippen molar-refractivity contribution in [3.8, 4) is 0 Å². The average molecular weight is 217 g/mol. The first kappa shape index (κ1) is 12.3. The fourth-order valence-electron chi connectivity index (χ4n) is 1.77. The summed E-state index contributed by atoms with van der Waals surface area (Å²) in [6.45, 7) is 7.14. The van der Waals surface area contributed by atoms with Crippen LogP contribution in [-0.4, -0.2) is 47.3 Å². The minimum absolute atomic E-state index is 0.00199. The molecule has 1 heterocycles. The normalized spacial score (nSPS) is 25.7. The maximum absolute atomic E-state index is 9.64. The Morgan fingerprint density at radius 3 is 2.64 bits per heavy atom. The van der Waals surface area contributed by atoms with Crippen LogP contribution in [0.25, 0.3) is 0 Å². The first-order valence-corrected chi connectivity index (χ1v) is 6.55. The van der Waals surface area contributed by atoms with Crippen molar-refractivity contribution in [3.63, 3.8) is 0 Å². The molecule has 1 saturated heterocycles. The molecule has 14 heavy (non-hydrogen) atoms. The minimum atomic E-state index is -0.237. The van der Waals surface area contributed by atoms with Crippen LogP contribution >= 0.6 is 11.8 Å². The molecule has 0 aromatic carbocycles. The zero-order valence-electron chi connectivity index (χ0n) is 9.79. The average Bonchev–Trinajstić information content (AvgIpc) is 2.54. The van der Waals surface area contributed by atoms with Gasteiger partial charge in [0.05, 0.1) is 6.10 Å². The van der Waals surface area contributed by atoms with Crippen LogP contribution in [0.3, 0.4) is 0 Å². The first-order valence-electron chi connectivity index (χ1n) is 5.39. The molecular weight excluding hydrogens is 194 g/mol. The number of aliphatic hydroxyl groups is 1. The predicted molar refractivity (Wildman–Crippen MR) is 63.8 cm³/mol. The van der Waals surface area contributed by atoms with Crippen molar-refractivity contribution in [1.29, 1.82) is 0 Å². The van der Waals surface area contributed by atoms with Gasteiger partial charge in [0, 0.05) is 23.8 Å². The Labute approximate surface area is 92.1 Å². The Morgan fingerprint density at radius 2 is 2.21 bits per heavy atom. The Hall–Kier alpha value is 0.270. The van der Waals surface area contributed by atoms with E-state index in [0.717, 1.165) is 12.6 Å². The number of aliphatic hydroxyl groups excluding tert-OH is 1. The Kier molecular flexibility index (Phi) is 4.29. The van der Waals surface area contributed by atoms with Crippen LogP contribution in [0, 0.1) is 5.41 Å². The fourth-order valence-corrected chi connectivity index (χ4v) is 3.07. The first-order chi connectivity index (χ1) is 6.43. The lowest BCUT2D eigenvalue weighted by Crippen LogP contribution is -2.43. The summed E-state index contributed by atoms with van der Waals surface area (Å²) in [7, 11) is 2.18. The summed E-state index contributed by atoms with van der Waals surface area (Å²) >= 11 is 2.04. The SMILES string of the molecule is CC(O)C(C)(C)CN(C)C1CCSC1. The number of hydrogen-bond acceptors (Lipinski definition) is 3. The molecule has 1 rings (SSSR count). The Morgan fingerprint density at radius 1 is 1.57 bits per heavy atom. The van der Waals surface area contributed by atoms with Crippen molar-refractivity contribution in [3.05, 3.63) is 0 Å². The molecule has 1 aliphatic heterocycles. The van der Waals surface area contributed by atoms with Crippen molar-refractivity contribution in [2.45, 2.75) is 39.3 Å². The van der Waals surface area contributed by atoms with E-state index >= 15 is 0 Å². The maximum Gasteiger partial charge on any atom is 0.0575 e. The topological polar surface area (TPSA) is 23.5 Å². The molecule has 0 aromatic rings. The molecule has 0 saturated carbocycles. The summed E-state index contributed by atoms with van der Waals surface area (Å²) in [5, 5.41) is 9.64. The Bertz CT molecular complexity index is 176. The summed E-state index contributed by atoms with van der Waals surface area (Å²) in [5.41, 5.74) is 0.00199. The molecule has 2 atom stereocenters. The van der Waals surface area contributed by atoms with Gasteiger partial charge in [0.1, 0.15) is 0 Å². The quantitative estimate of drug-likeness (QED) is 0.777. The van der Waals surface area contributed by atoms with E-state index in [1.54, 1.807) is 0 Å². The standard InChI is InChI=1S/C11H23NOS/c1-9(13)11(2,3)8-12(4)10-5-6-14-7-10/h9-10,13H,5-8H2,1-4H3. The van der Waals surface area contributed by atoms with E-state index in [-0.39, 0.29) is 11.5 Å². The van der Waals surface area contributed by atoms with E-state index in [2.05, 4.69) is 25.8 Å². The van der Waals surface area contributed by atoms with E-state index in [1.807, 2.05) is 18.7 Å². The number of rotatable bonds is 4. The zero-order chi connectivity index (χ0) is 10.8. The molecule has 0 aromatic heterocycles. The van der Waals surface area contributed by atoms with Crippen LogP contribution in [-0.2, 0) is 0 Å². The van der Waals surface area contributed by atoms with Gasteiger partial charge in [0.15, 0.2) is 0 Å². The molecule has 84 valence electrons. The highest BCUT2D eigenvalue weighted by atomic mass is 32.2. The highest BCUT2D eigenvalue weighted by molar-refractivity contribution is 7.99. The van der Waals surface area contributed by atoms with Crippen LogP contribution in [0.1, 0.15) is 27.2 Å². The molecule has 0 aliphatic carbocycles. The monoisotopic (exact) mass is 217 g/mol. The van der Waals surface area contributed by atoms with E-state index in [9.17, 15) is 5.11 Å². The lowest BCUT2D eigenvalue weighted by atomic mass is 9.86. The Balaban J connectivity index is 2.42. The van der Waals surface area contributed by atoms with Crippen LogP contribution in [0.5, 0.6) is 0 Å². The molecule has 1 aliphatic rings. The van der Waals surface area contributed by atoms with E-state index < -0.39 is 0 Å². The summed E-state index contributed by atoms with van der Waals surface area (Å²) in [6, 6.07) is 0.720. The molecule has 0 radical (unpaired) electrons. The molecule has 1 N–H and O–H groups in total. The molecule has 0 spiro atoms. The summed E-state index contributed by atoms with van der Waals surface area (Å²) in [6.07, 6.45) is 1.07. The van der Waals surface area contributed by atoms with Crippen LogP contribution < -0.4 is 0 Å². The highest BCUT2D eigenvalue weighted by Crippen LogP contribution is 2.26. The predicted octanol–water partition coefficient (Wildman–Crippen LogP) is 1.83. The highest BCUT2D eigenvalue weighted by Gasteiger charge is 2.29. The van der Waals surface area contributed by atoms with Crippen molar-refractivity contribution in [2.24, 2.45) is 5.41 Å². The minimum Gasteiger partial charge on any atom is -0.393 e. The van der Waals surface area contributed by atoms with Gasteiger partial charge < -0.3 is 10.0 Å². The van der Waals surface area contributed by atoms with Gasteiger partial charge in [-0.25, -0.2) is 0 Å². The third-order valence-corrected chi connectivity index (χ3v) is 4.46. The summed E-state index contributed by atoms with van der Waals surface area (Å²) in [5.74, 6) is 2.55. The van der Waals surface area contributed by atoms with Gasteiger partial charge in [-0.1, -0.05) is 13.8 Å².